The van der Waals surface area contributed by atoms with E-state index < -0.39 is 60.7 Å². The molecule has 2 amide bonds. The minimum Gasteiger partial charge on any atom is -0.440 e. The number of anilines is 2. The van der Waals surface area contributed by atoms with Crippen LogP contribution in [0.2, 0.25) is 0 Å². The number of benzene rings is 2. The van der Waals surface area contributed by atoms with Crippen LogP contribution in [0.3, 0.4) is 0 Å². The number of nitrogens with one attached hydrogen (secondary N) is 2. The Balaban J connectivity index is 0.917. The molecular weight excluding hydrogens is 1010 g/mol. The largest absolute Gasteiger partial charge is 0.490 e. The Labute approximate surface area is 421 Å². The van der Waals surface area contributed by atoms with Gasteiger partial charge in [0.05, 0.1) is 18.3 Å². The highest BCUT2D eigenvalue weighted by molar-refractivity contribution is 7.66. The third kappa shape index (κ3) is 12.7. The molecular formula is C46H63N9O15P3+. The maximum atomic E-state index is 13.0. The molecule has 3 aliphatic rings. The van der Waals surface area contributed by atoms with E-state index in [1.54, 1.807) is 0 Å². The van der Waals surface area contributed by atoms with E-state index in [1.807, 2.05) is 0 Å². The molecule has 5 heterocycles. The second-order valence-corrected chi connectivity index (χ2v) is 23.4. The van der Waals surface area contributed by atoms with E-state index in [0.717, 1.165) is 32.3 Å². The highest BCUT2D eigenvalue weighted by Crippen LogP contribution is 2.66. The van der Waals surface area contributed by atoms with Crippen LogP contribution in [0, 0.1) is 13.8 Å². The van der Waals surface area contributed by atoms with Crippen LogP contribution in [-0.2, 0) is 51.9 Å². The summed E-state index contributed by atoms with van der Waals surface area (Å²) in [7, 11) is -17.2. The van der Waals surface area contributed by atoms with E-state index in [2.05, 4.69) is 147 Å². The van der Waals surface area contributed by atoms with Crippen molar-refractivity contribution in [3.63, 3.8) is 0 Å². The number of allylic oxidation sites excluding steroid dienone is 4. The van der Waals surface area contributed by atoms with E-state index in [0.29, 0.717) is 6.42 Å². The number of unbranched alkanes of at least 4 members (excludes halogenated alkanes) is 2. The average molecular weight is 1070 g/mol. The zero-order chi connectivity index (χ0) is 53.3. The molecule has 2 aromatic heterocycles. The number of rotatable bonds is 21. The van der Waals surface area contributed by atoms with Crippen molar-refractivity contribution in [3.8, 4) is 0 Å². The Bertz CT molecular complexity index is 2990. The van der Waals surface area contributed by atoms with E-state index in [1.165, 1.54) is 55.9 Å². The van der Waals surface area contributed by atoms with Crippen LogP contribution in [0.15, 0.2) is 73.0 Å². The minimum absolute atomic E-state index is 0.0106. The number of aliphatic hydroxyl groups is 1. The van der Waals surface area contributed by atoms with E-state index in [9.17, 15) is 38.2 Å². The average Bonchev–Trinajstić information content (AvgIpc) is 3.97. The third-order valence-corrected chi connectivity index (χ3v) is 16.8. The molecule has 0 saturated carbocycles. The maximum Gasteiger partial charge on any atom is 0.490 e. The smallest absolute Gasteiger partial charge is 0.440 e. The summed E-state index contributed by atoms with van der Waals surface area (Å²) in [6.07, 6.45) is 3.86. The summed E-state index contributed by atoms with van der Waals surface area (Å²) in [5.74, 6) is -0.247. The SMILES string of the molecule is CCN1C(=CC=CC2=[N+](CCCCCC(=O)NCCNC(=O)OC3[C@@H](COP(=O)(O)OP(=O)(O)OP(=O)(O)O)O[C@@H](n4cnc5c(N)ncnc54)[C@H]3O)c3ccc(C)cc3C2(C)C)C(C)(C)c2cc(C)ccc21. The molecule has 4 aromatic rings. The number of likely N-dealkylation sites (N-methyl/N-ethyl adjacent to an activating group) is 1. The van der Waals surface area contributed by atoms with Crippen LogP contribution in [-0.4, -0.2) is 118 Å². The van der Waals surface area contributed by atoms with Crippen LogP contribution < -0.4 is 21.3 Å². The molecule has 9 N–H and O–H groups in total. The van der Waals surface area contributed by atoms with Crippen LogP contribution >= 0.6 is 23.5 Å². The van der Waals surface area contributed by atoms with Gasteiger partial charge in [-0.3, -0.25) is 13.9 Å². The number of amides is 2. The number of phosphoric ester groups is 1. The Kier molecular flexibility index (Phi) is 16.7. The quantitative estimate of drug-likeness (QED) is 0.0280. The van der Waals surface area contributed by atoms with Gasteiger partial charge >= 0.3 is 29.6 Å². The number of hydrogen-bond donors (Lipinski definition) is 8. The van der Waals surface area contributed by atoms with E-state index in [4.69, 9.17) is 29.5 Å². The number of carbonyl (C=O) groups excluding carboxylic acids is 2. The molecule has 1 fully saturated rings. The third-order valence-electron chi connectivity index (χ3n) is 13.0. The summed E-state index contributed by atoms with van der Waals surface area (Å²) in [5, 5.41) is 16.5. The first-order valence-electron chi connectivity index (χ1n) is 23.5. The summed E-state index contributed by atoms with van der Waals surface area (Å²) in [5.41, 5.74) is 15.6. The predicted octanol–water partition coefficient (Wildman–Crippen LogP) is 5.73. The van der Waals surface area contributed by atoms with Crippen LogP contribution in [0.25, 0.3) is 11.2 Å². The van der Waals surface area contributed by atoms with Crippen LogP contribution in [0.5, 0.6) is 0 Å². The van der Waals surface area contributed by atoms with Gasteiger partial charge < -0.3 is 55.4 Å². The lowest BCUT2D eigenvalue weighted by molar-refractivity contribution is -0.438. The van der Waals surface area contributed by atoms with Crippen molar-refractivity contribution in [1.82, 2.24) is 30.2 Å². The predicted molar refractivity (Wildman–Crippen MR) is 268 cm³/mol. The first-order valence-corrected chi connectivity index (χ1v) is 28.0. The number of imidazole rings is 1. The van der Waals surface area contributed by atoms with Gasteiger partial charge in [-0.15, -0.1) is 0 Å². The summed E-state index contributed by atoms with van der Waals surface area (Å²) in [6.45, 7) is 15.9. The molecule has 0 spiro atoms. The summed E-state index contributed by atoms with van der Waals surface area (Å²) < 4.78 is 62.5. The second kappa shape index (κ2) is 22.0. The molecule has 1 saturated heterocycles. The van der Waals surface area contributed by atoms with Gasteiger partial charge in [0.25, 0.3) is 0 Å². The highest BCUT2D eigenvalue weighted by atomic mass is 31.3. The van der Waals surface area contributed by atoms with Crippen LogP contribution in [0.4, 0.5) is 22.0 Å². The maximum absolute atomic E-state index is 13.0. The lowest BCUT2D eigenvalue weighted by Crippen LogP contribution is -2.42. The molecule has 0 bridgehead atoms. The molecule has 7 rings (SSSR count). The van der Waals surface area contributed by atoms with Crippen LogP contribution in [0.1, 0.15) is 88.8 Å². The number of nitrogens with two attached hydrogens (primary N) is 1. The van der Waals surface area contributed by atoms with Gasteiger partial charge in [0.2, 0.25) is 11.6 Å². The van der Waals surface area contributed by atoms with Crippen molar-refractivity contribution in [2.75, 3.05) is 43.4 Å². The molecule has 396 valence electrons. The standard InChI is InChI=1S/C46H62N9O15P3/c1-8-53-32-18-16-28(2)23-30(32)45(4,5)35(53)13-12-14-36-46(6,7)31-24-29(3)17-19-33(31)54(36)22-11-9-10-15-37(56)48-20-21-49-44(58)68-40-34(25-66-72(62,63)70-73(64,65)69-71(59,60)61)67-43(39(40)57)55-27-52-38-41(47)50-26-51-42(38)55/h12-14,16-19,23-24,26-27,34,39-40,43,57H,8-11,15,20-22,25H2,1-7H3,(H7-,47,48,49,50,51,56,58,59,60,61,62,63,64,65)/p+1/t34-,39+,40?,43-/m1/s1. The van der Waals surface area contributed by atoms with Gasteiger partial charge in [-0.05, 0) is 71.2 Å². The van der Waals surface area contributed by atoms with E-state index in [-0.39, 0.29) is 53.2 Å². The normalized spacial score (nSPS) is 22.4. The highest BCUT2D eigenvalue weighted by Gasteiger charge is 2.50. The first kappa shape index (κ1) is 55.6. The monoisotopic (exact) mass is 1070 g/mol. The molecule has 27 heteroatoms. The second-order valence-electron chi connectivity index (χ2n) is 19.0. The summed E-state index contributed by atoms with van der Waals surface area (Å²) >= 11 is 0. The topological polar surface area (TPSA) is 333 Å². The van der Waals surface area contributed by atoms with Crippen molar-refractivity contribution in [2.24, 2.45) is 0 Å². The first-order chi connectivity index (χ1) is 34.2. The molecule has 73 heavy (non-hydrogen) atoms. The summed E-state index contributed by atoms with van der Waals surface area (Å²) in [6, 6.07) is 13.3. The number of nitrogen functional groups attached to an aromatic ring is 1. The van der Waals surface area contributed by atoms with Crippen molar-refractivity contribution in [1.29, 1.82) is 0 Å². The van der Waals surface area contributed by atoms with Crippen molar-refractivity contribution in [2.45, 2.75) is 110 Å². The molecule has 0 radical (unpaired) electrons. The molecule has 3 unspecified atom stereocenters. The molecule has 6 atom stereocenters. The van der Waals surface area contributed by atoms with Gasteiger partial charge in [0.15, 0.2) is 29.5 Å². The van der Waals surface area contributed by atoms with Crippen molar-refractivity contribution in [3.05, 3.63) is 95.2 Å². The Hall–Kier alpha value is -5.19. The number of alkyl carbamates (subject to hydrolysis) is 1. The van der Waals surface area contributed by atoms with E-state index >= 15 is 0 Å². The number of fused-ring (bicyclic) bond motifs is 3. The molecule has 0 aliphatic carbocycles. The van der Waals surface area contributed by atoms with Gasteiger partial charge in [-0.1, -0.05) is 49.2 Å². The van der Waals surface area contributed by atoms with Crippen molar-refractivity contribution >= 4 is 69.5 Å². The minimum atomic E-state index is -5.87. The fourth-order valence-corrected chi connectivity index (χ4v) is 12.5. The number of phosphoric acid groups is 3. The van der Waals surface area contributed by atoms with Gasteiger partial charge in [0.1, 0.15) is 30.6 Å². The van der Waals surface area contributed by atoms with Gasteiger partial charge in [0, 0.05) is 67.0 Å². The van der Waals surface area contributed by atoms with Gasteiger partial charge in [-0.2, -0.15) is 13.2 Å². The number of nitrogens with zero attached hydrogens (tertiary/aromatic N) is 6. The molecule has 3 aliphatic heterocycles. The number of ether oxygens (including phenoxy) is 2. The Morgan fingerprint density at radius 1 is 0.904 bits per heavy atom. The number of aromatic nitrogens is 4. The zero-order valence-corrected chi connectivity index (χ0v) is 44.1. The lowest BCUT2D eigenvalue weighted by Gasteiger charge is -2.25. The lowest BCUT2D eigenvalue weighted by atomic mass is 9.80. The number of carbonyl (C=O) groups is 2. The number of aryl methyl sites for hydroxylation is 2. The fraction of sp³-hybridized carbons (Fsp3) is 0.478. The Morgan fingerprint density at radius 3 is 2.32 bits per heavy atom. The zero-order valence-electron chi connectivity index (χ0n) is 41.4. The molecule has 2 aromatic carbocycles. The number of hydrogen-bond acceptors (Lipinski definition) is 16. The number of aliphatic hydroxyl groups excluding tert-OH is 1. The summed E-state index contributed by atoms with van der Waals surface area (Å²) in [4.78, 5) is 77.6. The molecule has 24 nitrogen and oxygen atoms in total. The fourth-order valence-electron chi connectivity index (χ4n) is 9.50. The van der Waals surface area contributed by atoms with Crippen molar-refractivity contribution < 1.29 is 75.2 Å². The van der Waals surface area contributed by atoms with Gasteiger partial charge in [-0.25, -0.2) is 33.4 Å². The Morgan fingerprint density at radius 2 is 1.60 bits per heavy atom.